The van der Waals surface area contributed by atoms with Crippen LogP contribution < -0.4 is 20.9 Å². The monoisotopic (exact) mass is 501 g/mol. The molecule has 36 heavy (non-hydrogen) atoms. The standard InChI is InChI=1S/C24H35N7O5/c1-2-3-4-5-14-36-24(35)30-19(22(33)34)16-28-21(32)17-7-12-31(13-8-17)20-15-18(6-9-25-20)29-23-26-10-11-27-23/h6,9-11,15,17,19H,2-5,7-8,12-14,16H2,1H3,(H,28,32)(H,30,35)(H,33,34)(H2,25,26,27,29). The van der Waals surface area contributed by atoms with E-state index in [1.165, 1.54) is 0 Å². The number of anilines is 3. The number of aromatic nitrogens is 3. The number of carboxylic acids is 1. The molecule has 0 spiro atoms. The molecule has 1 saturated heterocycles. The molecule has 3 rings (SSSR count). The van der Waals surface area contributed by atoms with Crippen molar-refractivity contribution in [2.75, 3.05) is 36.5 Å². The highest BCUT2D eigenvalue weighted by molar-refractivity contribution is 5.83. The number of amides is 2. The van der Waals surface area contributed by atoms with E-state index in [9.17, 15) is 19.5 Å². The Morgan fingerprint density at radius 3 is 2.69 bits per heavy atom. The minimum atomic E-state index is -1.26. The first-order chi connectivity index (χ1) is 17.5. The Morgan fingerprint density at radius 1 is 1.19 bits per heavy atom. The van der Waals surface area contributed by atoms with Gasteiger partial charge in [0.25, 0.3) is 0 Å². The van der Waals surface area contributed by atoms with E-state index in [1.807, 2.05) is 12.1 Å². The van der Waals surface area contributed by atoms with Crippen LogP contribution in [0.1, 0.15) is 45.4 Å². The second kappa shape index (κ2) is 13.9. The molecule has 2 aromatic heterocycles. The van der Waals surface area contributed by atoms with Gasteiger partial charge in [-0.3, -0.25) is 4.79 Å². The number of piperidine rings is 1. The Hall–Kier alpha value is -3.83. The molecule has 12 nitrogen and oxygen atoms in total. The second-order valence-corrected chi connectivity index (χ2v) is 8.70. The number of imidazole rings is 1. The molecule has 0 bridgehead atoms. The minimum absolute atomic E-state index is 0.207. The molecule has 0 radical (unpaired) electrons. The second-order valence-electron chi connectivity index (χ2n) is 8.70. The van der Waals surface area contributed by atoms with Gasteiger partial charge in [-0.1, -0.05) is 26.2 Å². The summed E-state index contributed by atoms with van der Waals surface area (Å²) < 4.78 is 5.04. The average Bonchev–Trinajstić information content (AvgIpc) is 3.39. The van der Waals surface area contributed by atoms with Crippen LogP contribution in [0.25, 0.3) is 0 Å². The molecule has 2 aromatic rings. The van der Waals surface area contributed by atoms with E-state index in [0.717, 1.165) is 37.2 Å². The van der Waals surface area contributed by atoms with Gasteiger partial charge in [0, 0.05) is 55.9 Å². The quantitative estimate of drug-likeness (QED) is 0.260. The number of aliphatic carboxylic acids is 1. The van der Waals surface area contributed by atoms with Gasteiger partial charge in [0.15, 0.2) is 0 Å². The van der Waals surface area contributed by atoms with Crippen molar-refractivity contribution in [1.29, 1.82) is 0 Å². The van der Waals surface area contributed by atoms with E-state index in [-0.39, 0.29) is 25.0 Å². The molecule has 0 aromatic carbocycles. The highest BCUT2D eigenvalue weighted by Crippen LogP contribution is 2.24. The van der Waals surface area contributed by atoms with Crippen LogP contribution in [0, 0.1) is 5.92 Å². The number of aromatic amines is 1. The Morgan fingerprint density at radius 2 is 2.00 bits per heavy atom. The van der Waals surface area contributed by atoms with Crippen molar-refractivity contribution in [2.45, 2.75) is 51.5 Å². The number of hydrogen-bond donors (Lipinski definition) is 5. The fourth-order valence-corrected chi connectivity index (χ4v) is 3.93. The Kier molecular flexibility index (Phi) is 10.3. The van der Waals surface area contributed by atoms with Crippen LogP contribution in [-0.2, 0) is 14.3 Å². The molecule has 3 heterocycles. The van der Waals surface area contributed by atoms with Gasteiger partial charge in [0.2, 0.25) is 11.9 Å². The van der Waals surface area contributed by atoms with Crippen LogP contribution in [0.5, 0.6) is 0 Å². The molecule has 1 aliphatic rings. The normalized spacial score (nSPS) is 14.6. The number of nitrogens with zero attached hydrogens (tertiary/aromatic N) is 3. The third-order valence-electron chi connectivity index (χ3n) is 6.00. The lowest BCUT2D eigenvalue weighted by Gasteiger charge is -2.32. The summed E-state index contributed by atoms with van der Waals surface area (Å²) in [4.78, 5) is 49.8. The van der Waals surface area contributed by atoms with Gasteiger partial charge in [0.1, 0.15) is 11.9 Å². The SMILES string of the molecule is CCCCCCOC(=O)NC(CNC(=O)C1CCN(c2cc(Nc3ncc[nH]3)ccn2)CC1)C(=O)O. The largest absolute Gasteiger partial charge is 0.480 e. The predicted molar refractivity (Wildman–Crippen MR) is 134 cm³/mol. The zero-order valence-electron chi connectivity index (χ0n) is 20.5. The highest BCUT2D eigenvalue weighted by Gasteiger charge is 2.28. The molecule has 196 valence electrons. The van der Waals surface area contributed by atoms with Gasteiger partial charge in [-0.25, -0.2) is 19.6 Å². The number of carbonyl (C=O) groups is 3. The van der Waals surface area contributed by atoms with E-state index in [0.29, 0.717) is 31.9 Å². The van der Waals surface area contributed by atoms with Crippen LogP contribution in [0.3, 0.4) is 0 Å². The van der Waals surface area contributed by atoms with Gasteiger partial charge in [0.05, 0.1) is 6.61 Å². The number of H-pyrrole nitrogens is 1. The number of alkyl carbamates (subject to hydrolysis) is 1. The van der Waals surface area contributed by atoms with Gasteiger partial charge in [-0.2, -0.15) is 0 Å². The first kappa shape index (κ1) is 26.8. The summed E-state index contributed by atoms with van der Waals surface area (Å²) in [5.41, 5.74) is 0.849. The van der Waals surface area contributed by atoms with Gasteiger partial charge in [-0.05, 0) is 25.3 Å². The lowest BCUT2D eigenvalue weighted by atomic mass is 9.95. The summed E-state index contributed by atoms with van der Waals surface area (Å²) >= 11 is 0. The van der Waals surface area contributed by atoms with Crippen LogP contribution in [0.15, 0.2) is 30.7 Å². The molecule has 2 amide bonds. The molecule has 1 atom stereocenters. The van der Waals surface area contributed by atoms with Crippen molar-refractivity contribution in [3.8, 4) is 0 Å². The van der Waals surface area contributed by atoms with Crippen molar-refractivity contribution < 1.29 is 24.2 Å². The first-order valence-corrected chi connectivity index (χ1v) is 12.4. The molecule has 1 fully saturated rings. The average molecular weight is 502 g/mol. The minimum Gasteiger partial charge on any atom is -0.480 e. The summed E-state index contributed by atoms with van der Waals surface area (Å²) in [5, 5.41) is 17.6. The molecule has 1 aliphatic heterocycles. The van der Waals surface area contributed by atoms with Crippen molar-refractivity contribution in [1.82, 2.24) is 25.6 Å². The molecule has 12 heteroatoms. The van der Waals surface area contributed by atoms with Crippen molar-refractivity contribution in [3.63, 3.8) is 0 Å². The van der Waals surface area contributed by atoms with Gasteiger partial charge < -0.3 is 35.7 Å². The predicted octanol–water partition coefficient (Wildman–Crippen LogP) is 2.64. The number of pyridine rings is 1. The van der Waals surface area contributed by atoms with Crippen LogP contribution >= 0.6 is 0 Å². The van der Waals surface area contributed by atoms with Crippen molar-refractivity contribution in [2.24, 2.45) is 5.92 Å². The summed E-state index contributed by atoms with van der Waals surface area (Å²) in [6.07, 6.45) is 9.33. The Labute approximate surface area is 210 Å². The molecule has 0 saturated carbocycles. The maximum atomic E-state index is 12.7. The van der Waals surface area contributed by atoms with E-state index in [2.05, 4.69) is 42.7 Å². The van der Waals surface area contributed by atoms with E-state index < -0.39 is 18.1 Å². The lowest BCUT2D eigenvalue weighted by molar-refractivity contribution is -0.139. The van der Waals surface area contributed by atoms with E-state index in [4.69, 9.17) is 4.74 Å². The molecule has 5 N–H and O–H groups in total. The van der Waals surface area contributed by atoms with Crippen molar-refractivity contribution >= 4 is 35.4 Å². The number of ether oxygens (including phenoxy) is 1. The number of carboxylic acid groups (broad SMARTS) is 1. The summed E-state index contributed by atoms with van der Waals surface area (Å²) in [5.74, 6) is -0.268. The summed E-state index contributed by atoms with van der Waals surface area (Å²) in [6, 6.07) is 2.52. The smallest absolute Gasteiger partial charge is 0.407 e. The molecule has 0 aliphatic carbocycles. The Bertz CT molecular complexity index is 977. The third-order valence-corrected chi connectivity index (χ3v) is 6.00. The third kappa shape index (κ3) is 8.43. The Balaban J connectivity index is 1.41. The van der Waals surface area contributed by atoms with Crippen LogP contribution in [-0.4, -0.2) is 70.3 Å². The molecular weight excluding hydrogens is 466 g/mol. The highest BCUT2D eigenvalue weighted by atomic mass is 16.5. The molecule has 1 unspecified atom stereocenters. The summed E-state index contributed by atoms with van der Waals surface area (Å²) in [6.45, 7) is 3.39. The van der Waals surface area contributed by atoms with Gasteiger partial charge >= 0.3 is 12.1 Å². The van der Waals surface area contributed by atoms with E-state index >= 15 is 0 Å². The zero-order chi connectivity index (χ0) is 25.8. The lowest BCUT2D eigenvalue weighted by Crippen LogP contribution is -2.50. The maximum absolute atomic E-state index is 12.7. The van der Waals surface area contributed by atoms with Crippen molar-refractivity contribution in [3.05, 3.63) is 30.7 Å². The first-order valence-electron chi connectivity index (χ1n) is 12.4. The summed E-state index contributed by atoms with van der Waals surface area (Å²) in [7, 11) is 0. The number of rotatable bonds is 13. The molecular formula is C24H35N7O5. The van der Waals surface area contributed by atoms with Gasteiger partial charge in [-0.15, -0.1) is 0 Å². The number of hydrogen-bond acceptors (Lipinski definition) is 8. The van der Waals surface area contributed by atoms with Crippen LogP contribution in [0.2, 0.25) is 0 Å². The fraction of sp³-hybridized carbons (Fsp3) is 0.542. The zero-order valence-corrected chi connectivity index (χ0v) is 20.5. The number of nitrogens with one attached hydrogen (secondary N) is 4. The number of carbonyl (C=O) groups excluding carboxylic acids is 2. The maximum Gasteiger partial charge on any atom is 0.407 e. The van der Waals surface area contributed by atoms with Crippen LogP contribution in [0.4, 0.5) is 22.2 Å². The number of unbranched alkanes of at least 4 members (excludes halogenated alkanes) is 3. The fourth-order valence-electron chi connectivity index (χ4n) is 3.93. The van der Waals surface area contributed by atoms with E-state index in [1.54, 1.807) is 18.6 Å². The topological polar surface area (TPSA) is 162 Å².